The van der Waals surface area contributed by atoms with E-state index in [4.69, 9.17) is 4.74 Å². The molecule has 2 heterocycles. The van der Waals surface area contributed by atoms with Crippen LogP contribution in [0.2, 0.25) is 0 Å². The molecule has 0 bridgehead atoms. The molecular weight excluding hydrogens is 491 g/mol. The molecule has 3 aliphatic rings. The largest absolute Gasteiger partial charge is 0.390 e. The zero-order valence-electron chi connectivity index (χ0n) is 19.7. The van der Waals surface area contributed by atoms with Gasteiger partial charge < -0.3 is 15.0 Å². The molecule has 2 fully saturated rings. The number of nitrogens with one attached hydrogen (secondary N) is 2. The van der Waals surface area contributed by atoms with Crippen molar-refractivity contribution in [2.45, 2.75) is 63.4 Å². The highest BCUT2D eigenvalue weighted by molar-refractivity contribution is 7.89. The number of hydroxylamine groups is 1. The first-order valence-electron chi connectivity index (χ1n) is 11.4. The number of aliphatic imine (C=N–C) groups is 2. The third kappa shape index (κ3) is 9.39. The summed E-state index contributed by atoms with van der Waals surface area (Å²) in [6, 6.07) is -0.450. The van der Waals surface area contributed by atoms with E-state index in [1.54, 1.807) is 6.21 Å². The molecule has 3 rings (SSSR count). The Labute approximate surface area is 202 Å². The average Bonchev–Trinajstić information content (AvgIpc) is 2.75. The number of hydrazone groups is 1. The molecule has 0 aromatic heterocycles. The van der Waals surface area contributed by atoms with Crippen molar-refractivity contribution in [2.75, 3.05) is 32.5 Å². The Morgan fingerprint density at radius 2 is 2.00 bits per heavy atom. The van der Waals surface area contributed by atoms with Crippen molar-refractivity contribution in [1.29, 1.82) is 0 Å². The van der Waals surface area contributed by atoms with Gasteiger partial charge in [0.2, 0.25) is 16.0 Å². The van der Waals surface area contributed by atoms with Gasteiger partial charge in [-0.15, -0.1) is 5.10 Å². The number of amidine groups is 1. The molecule has 0 radical (unpaired) electrons. The van der Waals surface area contributed by atoms with Gasteiger partial charge >= 0.3 is 6.18 Å². The second-order valence-electron chi connectivity index (χ2n) is 8.86. The number of hydrogen-bond donors (Lipinski definition) is 3. The van der Waals surface area contributed by atoms with Crippen LogP contribution in [-0.4, -0.2) is 98.6 Å². The molecule has 0 unspecified atom stereocenters. The van der Waals surface area contributed by atoms with Gasteiger partial charge in [0.05, 0.1) is 37.5 Å². The highest BCUT2D eigenvalue weighted by atomic mass is 32.2. The number of morpholine rings is 1. The zero-order valence-corrected chi connectivity index (χ0v) is 20.5. The van der Waals surface area contributed by atoms with Crippen LogP contribution in [0, 0.1) is 0 Å². The summed E-state index contributed by atoms with van der Waals surface area (Å²) in [6.07, 6.45) is -0.193. The van der Waals surface area contributed by atoms with Gasteiger partial charge in [0.15, 0.2) is 5.84 Å². The molecule has 11 nitrogen and oxygen atoms in total. The van der Waals surface area contributed by atoms with Crippen LogP contribution >= 0.6 is 0 Å². The topological polar surface area (TPSA) is 131 Å². The van der Waals surface area contributed by atoms with Gasteiger partial charge in [-0.05, 0) is 32.6 Å². The Kier molecular flexibility index (Phi) is 9.12. The van der Waals surface area contributed by atoms with Gasteiger partial charge in [-0.3, -0.25) is 5.21 Å². The first-order chi connectivity index (χ1) is 16.4. The molecule has 1 saturated carbocycles. The van der Waals surface area contributed by atoms with E-state index in [-0.39, 0.29) is 18.0 Å². The molecule has 198 valence electrons. The Bertz CT molecular complexity index is 958. The minimum atomic E-state index is -4.51. The maximum absolute atomic E-state index is 12.3. The monoisotopic (exact) mass is 523 g/mol. The number of sulfonamides is 1. The number of guanidine groups is 1. The van der Waals surface area contributed by atoms with Crippen LogP contribution in [0.3, 0.4) is 0 Å². The van der Waals surface area contributed by atoms with Gasteiger partial charge in [-0.1, -0.05) is 0 Å². The summed E-state index contributed by atoms with van der Waals surface area (Å²) in [7, 11) is -2.63. The molecule has 3 N–H and O–H groups in total. The fourth-order valence-corrected chi connectivity index (χ4v) is 5.38. The standard InChI is InChI=1S/C20H32F3N7O4S/c1-14-12-30(8-9-34-14)13-15-11-24-19(26-18(15)27-29(2)31)25-16-3-5-17(6-4-16)28-35(32,33)10-7-20(21,22)23/h11,13-14,16-17,28,31H,3-10,12H2,1-2H3,(H,25,26,27)/b15-13+/t14-,16-,17-/m0/s1. The highest BCUT2D eigenvalue weighted by Gasteiger charge is 2.32. The number of halogens is 3. The van der Waals surface area contributed by atoms with Crippen molar-refractivity contribution in [2.24, 2.45) is 15.1 Å². The van der Waals surface area contributed by atoms with Crippen molar-refractivity contribution in [3.05, 3.63) is 11.8 Å². The van der Waals surface area contributed by atoms with E-state index in [1.165, 1.54) is 7.05 Å². The predicted octanol–water partition coefficient (Wildman–Crippen LogP) is 1.44. The molecule has 1 saturated heterocycles. The molecule has 0 aromatic rings. The molecule has 0 spiro atoms. The number of ether oxygens (including phenoxy) is 1. The highest BCUT2D eigenvalue weighted by Crippen LogP contribution is 2.22. The lowest BCUT2D eigenvalue weighted by Gasteiger charge is -2.31. The average molecular weight is 524 g/mol. The van der Waals surface area contributed by atoms with Gasteiger partial charge in [-0.2, -0.15) is 23.3 Å². The molecule has 1 atom stereocenters. The fraction of sp³-hybridized carbons (Fsp3) is 0.750. The third-order valence-corrected chi connectivity index (χ3v) is 7.12. The van der Waals surface area contributed by atoms with Gasteiger partial charge in [0.1, 0.15) is 0 Å². The maximum Gasteiger partial charge on any atom is 0.390 e. The summed E-state index contributed by atoms with van der Waals surface area (Å²) in [4.78, 5) is 10.9. The van der Waals surface area contributed by atoms with Crippen molar-refractivity contribution in [3.63, 3.8) is 0 Å². The van der Waals surface area contributed by atoms with Gasteiger partial charge in [-0.25, -0.2) is 18.1 Å². The SMILES string of the molecule is C[C@H]1CN(/C=C2\C=NC(N[C@H]3CC[C@H](NS(=O)(=O)CCC(F)(F)F)CC3)=N\C2=N\N(C)O)CCO1. The number of hydrogen-bond acceptors (Lipinski definition) is 9. The quantitative estimate of drug-likeness (QED) is 0.431. The van der Waals surface area contributed by atoms with Crippen molar-refractivity contribution >= 4 is 28.0 Å². The van der Waals surface area contributed by atoms with Crippen LogP contribution in [0.5, 0.6) is 0 Å². The van der Waals surface area contributed by atoms with Gasteiger partial charge in [0, 0.05) is 37.6 Å². The number of rotatable bonds is 7. The first-order valence-corrected chi connectivity index (χ1v) is 13.1. The Hall–Kier alpha value is -2.23. The Balaban J connectivity index is 1.55. The Morgan fingerprint density at radius 3 is 2.63 bits per heavy atom. The minimum Gasteiger partial charge on any atom is -0.375 e. The van der Waals surface area contributed by atoms with Crippen LogP contribution in [0.1, 0.15) is 39.0 Å². The normalized spacial score (nSPS) is 28.3. The number of alkyl halides is 3. The summed E-state index contributed by atoms with van der Waals surface area (Å²) >= 11 is 0. The van der Waals surface area contributed by atoms with E-state index in [9.17, 15) is 26.8 Å². The Morgan fingerprint density at radius 1 is 1.31 bits per heavy atom. The minimum absolute atomic E-state index is 0.0412. The number of nitrogens with zero attached hydrogens (tertiary/aromatic N) is 5. The molecular formula is C20H32F3N7O4S. The molecule has 1 aliphatic carbocycles. The van der Waals surface area contributed by atoms with E-state index in [2.05, 4.69) is 30.0 Å². The second kappa shape index (κ2) is 11.7. The molecule has 35 heavy (non-hydrogen) atoms. The summed E-state index contributed by atoms with van der Waals surface area (Å²) < 4.78 is 68.8. The lowest BCUT2D eigenvalue weighted by Crippen LogP contribution is -2.44. The summed E-state index contributed by atoms with van der Waals surface area (Å²) in [5, 5.41) is 17.5. The van der Waals surface area contributed by atoms with E-state index < -0.39 is 34.4 Å². The summed E-state index contributed by atoms with van der Waals surface area (Å²) in [5.41, 5.74) is 0.627. The van der Waals surface area contributed by atoms with Crippen LogP contribution in [0.4, 0.5) is 13.2 Å². The van der Waals surface area contributed by atoms with E-state index in [0.29, 0.717) is 62.1 Å². The lowest BCUT2D eigenvalue weighted by atomic mass is 9.92. The van der Waals surface area contributed by atoms with Crippen LogP contribution in [0.25, 0.3) is 0 Å². The van der Waals surface area contributed by atoms with E-state index >= 15 is 0 Å². The summed E-state index contributed by atoms with van der Waals surface area (Å²) in [5.74, 6) is -0.383. The zero-order chi connectivity index (χ0) is 25.6. The molecule has 0 amide bonds. The van der Waals surface area contributed by atoms with Crippen molar-refractivity contribution in [1.82, 2.24) is 20.1 Å². The van der Waals surface area contributed by atoms with Crippen LogP contribution in [-0.2, 0) is 14.8 Å². The van der Waals surface area contributed by atoms with E-state index in [0.717, 1.165) is 0 Å². The van der Waals surface area contributed by atoms with Crippen LogP contribution in [0.15, 0.2) is 26.9 Å². The van der Waals surface area contributed by atoms with Gasteiger partial charge in [0.25, 0.3) is 0 Å². The lowest BCUT2D eigenvalue weighted by molar-refractivity contribution is -0.130. The first kappa shape index (κ1) is 27.4. The second-order valence-corrected chi connectivity index (χ2v) is 10.7. The molecule has 2 aliphatic heterocycles. The smallest absolute Gasteiger partial charge is 0.375 e. The molecule has 0 aromatic carbocycles. The third-order valence-electron chi connectivity index (χ3n) is 5.69. The maximum atomic E-state index is 12.3. The molecule has 15 heteroatoms. The van der Waals surface area contributed by atoms with E-state index in [1.807, 2.05) is 13.1 Å². The summed E-state index contributed by atoms with van der Waals surface area (Å²) in [6.45, 7) is 4.00. The van der Waals surface area contributed by atoms with Crippen LogP contribution < -0.4 is 10.0 Å². The fourth-order valence-electron chi connectivity index (χ4n) is 4.02. The predicted molar refractivity (Wildman–Crippen MR) is 125 cm³/mol. The van der Waals surface area contributed by atoms with Crippen molar-refractivity contribution < 1.29 is 31.5 Å². The van der Waals surface area contributed by atoms with Crippen molar-refractivity contribution in [3.8, 4) is 0 Å².